The highest BCUT2D eigenvalue weighted by molar-refractivity contribution is 9.10. The molecule has 3 nitrogen and oxygen atoms in total. The summed E-state index contributed by atoms with van der Waals surface area (Å²) < 4.78 is 14.3. The number of benzene rings is 1. The zero-order valence-corrected chi connectivity index (χ0v) is 10.8. The molecule has 0 amide bonds. The highest BCUT2D eigenvalue weighted by Crippen LogP contribution is 2.26. The molecule has 0 bridgehead atoms. The van der Waals surface area contributed by atoms with Crippen molar-refractivity contribution in [1.29, 1.82) is 0 Å². The molecule has 5 heteroatoms. The van der Waals surface area contributed by atoms with Gasteiger partial charge in [-0.05, 0) is 36.8 Å². The standard InChI is InChI=1S/C12H11BrFN3/c1-7-4-5-16-12(11(7)15)17-10-3-2-8(13)6-9(10)14/h2-6H,15H2,1H3,(H,16,17). The molecule has 1 heterocycles. The van der Waals surface area contributed by atoms with E-state index in [0.717, 1.165) is 5.56 Å². The molecule has 0 aliphatic carbocycles. The van der Waals surface area contributed by atoms with Crippen LogP contribution in [0, 0.1) is 12.7 Å². The third-order valence-corrected chi connectivity index (χ3v) is 2.89. The van der Waals surface area contributed by atoms with Crippen LogP contribution in [0.25, 0.3) is 0 Å². The third kappa shape index (κ3) is 2.55. The van der Waals surface area contributed by atoms with Crippen molar-refractivity contribution < 1.29 is 4.39 Å². The van der Waals surface area contributed by atoms with Gasteiger partial charge in [0, 0.05) is 10.7 Å². The Hall–Kier alpha value is -1.62. The van der Waals surface area contributed by atoms with Crippen LogP contribution in [0.4, 0.5) is 21.6 Å². The summed E-state index contributed by atoms with van der Waals surface area (Å²) in [7, 11) is 0. The topological polar surface area (TPSA) is 50.9 Å². The number of pyridine rings is 1. The summed E-state index contributed by atoms with van der Waals surface area (Å²) in [4.78, 5) is 4.08. The number of rotatable bonds is 2. The van der Waals surface area contributed by atoms with Gasteiger partial charge in [0.25, 0.3) is 0 Å². The number of nitrogens with two attached hydrogens (primary N) is 1. The zero-order chi connectivity index (χ0) is 12.4. The average molecular weight is 296 g/mol. The molecule has 1 aromatic carbocycles. The number of nitrogens with zero attached hydrogens (tertiary/aromatic N) is 1. The van der Waals surface area contributed by atoms with Crippen LogP contribution in [0.1, 0.15) is 5.56 Å². The number of nitrogen functional groups attached to an aromatic ring is 1. The highest BCUT2D eigenvalue weighted by Gasteiger charge is 2.07. The van der Waals surface area contributed by atoms with Crippen molar-refractivity contribution in [3.05, 3.63) is 46.3 Å². The minimum Gasteiger partial charge on any atom is -0.396 e. The summed E-state index contributed by atoms with van der Waals surface area (Å²) in [5, 5.41) is 2.88. The maximum atomic E-state index is 13.6. The monoisotopic (exact) mass is 295 g/mol. The molecule has 0 saturated heterocycles. The molecule has 0 aliphatic heterocycles. The summed E-state index contributed by atoms with van der Waals surface area (Å²) in [6.07, 6.45) is 1.63. The average Bonchev–Trinajstić information content (AvgIpc) is 2.28. The van der Waals surface area contributed by atoms with Gasteiger partial charge in [0.05, 0.1) is 11.4 Å². The lowest BCUT2D eigenvalue weighted by molar-refractivity contribution is 0.631. The lowest BCUT2D eigenvalue weighted by Crippen LogP contribution is -2.02. The molecule has 0 spiro atoms. The Morgan fingerprint density at radius 3 is 2.82 bits per heavy atom. The van der Waals surface area contributed by atoms with Crippen molar-refractivity contribution in [3.8, 4) is 0 Å². The maximum Gasteiger partial charge on any atom is 0.153 e. The van der Waals surface area contributed by atoms with Crippen molar-refractivity contribution in [3.63, 3.8) is 0 Å². The van der Waals surface area contributed by atoms with Gasteiger partial charge < -0.3 is 11.1 Å². The third-order valence-electron chi connectivity index (χ3n) is 2.39. The Labute approximate surface area is 107 Å². The van der Waals surface area contributed by atoms with E-state index in [9.17, 15) is 4.39 Å². The quantitative estimate of drug-likeness (QED) is 0.890. The Morgan fingerprint density at radius 2 is 2.12 bits per heavy atom. The van der Waals surface area contributed by atoms with Gasteiger partial charge in [0.15, 0.2) is 5.82 Å². The first-order chi connectivity index (χ1) is 8.08. The predicted molar refractivity (Wildman–Crippen MR) is 70.8 cm³/mol. The number of halogens is 2. The molecule has 3 N–H and O–H groups in total. The minimum atomic E-state index is -0.359. The van der Waals surface area contributed by atoms with E-state index in [4.69, 9.17) is 5.73 Å². The molecule has 2 rings (SSSR count). The van der Waals surface area contributed by atoms with E-state index in [1.54, 1.807) is 24.4 Å². The van der Waals surface area contributed by atoms with E-state index in [-0.39, 0.29) is 5.82 Å². The van der Waals surface area contributed by atoms with Gasteiger partial charge in [-0.15, -0.1) is 0 Å². The van der Waals surface area contributed by atoms with E-state index < -0.39 is 0 Å². The fourth-order valence-corrected chi connectivity index (χ4v) is 1.72. The van der Waals surface area contributed by atoms with E-state index in [1.165, 1.54) is 6.07 Å². The Morgan fingerprint density at radius 1 is 1.35 bits per heavy atom. The number of nitrogens with one attached hydrogen (secondary N) is 1. The van der Waals surface area contributed by atoms with Gasteiger partial charge >= 0.3 is 0 Å². The highest BCUT2D eigenvalue weighted by atomic mass is 79.9. The number of anilines is 3. The Kier molecular flexibility index (Phi) is 3.28. The lowest BCUT2D eigenvalue weighted by Gasteiger charge is -2.10. The van der Waals surface area contributed by atoms with Crippen molar-refractivity contribution >= 4 is 33.1 Å². The first kappa shape index (κ1) is 11.9. The predicted octanol–water partition coefficient (Wildman–Crippen LogP) is 3.62. The van der Waals surface area contributed by atoms with E-state index in [1.807, 2.05) is 6.92 Å². The Bertz CT molecular complexity index is 557. The van der Waals surface area contributed by atoms with Crippen LogP contribution in [-0.4, -0.2) is 4.98 Å². The van der Waals surface area contributed by atoms with Crippen LogP contribution >= 0.6 is 15.9 Å². The first-order valence-corrected chi connectivity index (χ1v) is 5.80. The SMILES string of the molecule is Cc1ccnc(Nc2ccc(Br)cc2F)c1N. The van der Waals surface area contributed by atoms with Crippen molar-refractivity contribution in [1.82, 2.24) is 4.98 Å². The van der Waals surface area contributed by atoms with Crippen LogP contribution in [0.15, 0.2) is 34.9 Å². The summed E-state index contributed by atoms with van der Waals surface area (Å²) in [5.41, 5.74) is 7.62. The number of aromatic nitrogens is 1. The van der Waals surface area contributed by atoms with E-state index in [0.29, 0.717) is 21.7 Å². The molecular formula is C12H11BrFN3. The van der Waals surface area contributed by atoms with E-state index >= 15 is 0 Å². The molecule has 0 saturated carbocycles. The van der Waals surface area contributed by atoms with Crippen LogP contribution in [0.2, 0.25) is 0 Å². The fraction of sp³-hybridized carbons (Fsp3) is 0.0833. The van der Waals surface area contributed by atoms with Gasteiger partial charge in [-0.3, -0.25) is 0 Å². The fourth-order valence-electron chi connectivity index (χ4n) is 1.39. The lowest BCUT2D eigenvalue weighted by atomic mass is 10.2. The van der Waals surface area contributed by atoms with Crippen LogP contribution in [0.3, 0.4) is 0 Å². The van der Waals surface area contributed by atoms with Crippen molar-refractivity contribution in [2.75, 3.05) is 11.1 Å². The molecule has 0 atom stereocenters. The summed E-state index contributed by atoms with van der Waals surface area (Å²) in [5.74, 6) is 0.105. The maximum absolute atomic E-state index is 13.6. The minimum absolute atomic E-state index is 0.345. The van der Waals surface area contributed by atoms with Gasteiger partial charge in [-0.25, -0.2) is 9.37 Å². The van der Waals surface area contributed by atoms with Gasteiger partial charge in [0.1, 0.15) is 5.82 Å². The molecule has 2 aromatic rings. The van der Waals surface area contributed by atoms with Crippen molar-refractivity contribution in [2.24, 2.45) is 0 Å². The number of hydrogen-bond donors (Lipinski definition) is 2. The largest absolute Gasteiger partial charge is 0.396 e. The van der Waals surface area contributed by atoms with Crippen LogP contribution in [0.5, 0.6) is 0 Å². The summed E-state index contributed by atoms with van der Waals surface area (Å²) >= 11 is 3.20. The van der Waals surface area contributed by atoms with Crippen LogP contribution < -0.4 is 11.1 Å². The molecule has 0 aliphatic rings. The summed E-state index contributed by atoms with van der Waals surface area (Å²) in [6, 6.07) is 6.56. The zero-order valence-electron chi connectivity index (χ0n) is 9.17. The second-order valence-corrected chi connectivity index (χ2v) is 4.55. The molecule has 0 fully saturated rings. The molecule has 0 radical (unpaired) electrons. The second kappa shape index (κ2) is 4.71. The molecular weight excluding hydrogens is 285 g/mol. The molecule has 1 aromatic heterocycles. The van der Waals surface area contributed by atoms with E-state index in [2.05, 4.69) is 26.2 Å². The molecule has 17 heavy (non-hydrogen) atoms. The Balaban J connectivity index is 2.35. The summed E-state index contributed by atoms with van der Waals surface area (Å²) in [6.45, 7) is 1.88. The van der Waals surface area contributed by atoms with Gasteiger partial charge in [-0.2, -0.15) is 0 Å². The number of hydrogen-bond acceptors (Lipinski definition) is 3. The second-order valence-electron chi connectivity index (χ2n) is 3.64. The van der Waals surface area contributed by atoms with Crippen molar-refractivity contribution in [2.45, 2.75) is 6.92 Å². The molecule has 88 valence electrons. The first-order valence-electron chi connectivity index (χ1n) is 5.01. The number of aryl methyl sites for hydroxylation is 1. The smallest absolute Gasteiger partial charge is 0.153 e. The van der Waals surface area contributed by atoms with Crippen LogP contribution in [-0.2, 0) is 0 Å². The van der Waals surface area contributed by atoms with Gasteiger partial charge in [0.2, 0.25) is 0 Å². The molecule has 0 unspecified atom stereocenters. The normalized spacial score (nSPS) is 10.3. The van der Waals surface area contributed by atoms with Gasteiger partial charge in [-0.1, -0.05) is 15.9 Å².